The van der Waals surface area contributed by atoms with Crippen LogP contribution < -0.4 is 16.4 Å². The predicted molar refractivity (Wildman–Crippen MR) is 88.5 cm³/mol. The van der Waals surface area contributed by atoms with Crippen LogP contribution in [0.25, 0.3) is 6.08 Å². The smallest absolute Gasteiger partial charge is 0.407 e. The Morgan fingerprint density at radius 1 is 1.50 bits per heavy atom. The summed E-state index contributed by atoms with van der Waals surface area (Å²) in [5.74, 6) is 0.887. The molecule has 0 aliphatic rings. The van der Waals surface area contributed by atoms with Gasteiger partial charge in [0.05, 0.1) is 0 Å². The molecule has 0 saturated carbocycles. The van der Waals surface area contributed by atoms with Crippen LogP contribution in [0.5, 0.6) is 0 Å². The fourth-order valence-corrected chi connectivity index (χ4v) is 1.69. The molecule has 4 N–H and O–H groups in total. The zero-order valence-electron chi connectivity index (χ0n) is 13.8. The number of hydrogen-bond donors (Lipinski definition) is 3. The van der Waals surface area contributed by atoms with Crippen LogP contribution in [0.1, 0.15) is 39.7 Å². The van der Waals surface area contributed by atoms with Gasteiger partial charge in [0.25, 0.3) is 0 Å². The van der Waals surface area contributed by atoms with E-state index in [4.69, 9.17) is 10.5 Å². The van der Waals surface area contributed by atoms with Crippen molar-refractivity contribution >= 4 is 23.9 Å². The topological polar surface area (TPSA) is 102 Å². The van der Waals surface area contributed by atoms with Gasteiger partial charge in [-0.1, -0.05) is 12.2 Å². The van der Waals surface area contributed by atoms with Gasteiger partial charge in [0.15, 0.2) is 0 Å². The van der Waals surface area contributed by atoms with E-state index >= 15 is 0 Å². The van der Waals surface area contributed by atoms with Crippen molar-refractivity contribution in [1.29, 1.82) is 0 Å². The Bertz CT molecular complexity index is 537. The number of nitrogens with zero attached hydrogens (tertiary/aromatic N) is 2. The highest BCUT2D eigenvalue weighted by atomic mass is 16.6. The molecule has 1 amide bonds. The Balaban J connectivity index is 2.53. The summed E-state index contributed by atoms with van der Waals surface area (Å²) in [5.41, 5.74) is 5.87. The van der Waals surface area contributed by atoms with Gasteiger partial charge in [-0.2, -0.15) is 4.98 Å². The Morgan fingerprint density at radius 3 is 2.77 bits per heavy atom. The summed E-state index contributed by atoms with van der Waals surface area (Å²) in [6, 6.07) is -0.0427. The molecule has 0 bridgehead atoms. The van der Waals surface area contributed by atoms with E-state index < -0.39 is 11.7 Å². The molecule has 1 heterocycles. The molecule has 22 heavy (non-hydrogen) atoms. The molecule has 0 aromatic carbocycles. The molecule has 122 valence electrons. The summed E-state index contributed by atoms with van der Waals surface area (Å²) in [4.78, 5) is 19.7. The Kier molecular flexibility index (Phi) is 6.15. The molecule has 0 fully saturated rings. The highest BCUT2D eigenvalue weighted by molar-refractivity contribution is 5.68. The van der Waals surface area contributed by atoms with Gasteiger partial charge < -0.3 is 21.1 Å². The van der Waals surface area contributed by atoms with E-state index in [1.807, 2.05) is 39.8 Å². The number of nitrogens with two attached hydrogens (primary N) is 1. The standard InChI is InChI=1S/C15H25N5O2/c1-10(19-14(21)22-15(2,3)4)7-6-8-11-9-18-13(16)20-12(11)17-5/h6,8-10H,7H2,1-5H3,(H,19,21)(H3,16,17,18,20)/b8-6+/t10-/m0/s1. The van der Waals surface area contributed by atoms with Crippen molar-refractivity contribution in [2.45, 2.75) is 45.8 Å². The van der Waals surface area contributed by atoms with Crippen molar-refractivity contribution in [2.75, 3.05) is 18.1 Å². The number of ether oxygens (including phenoxy) is 1. The van der Waals surface area contributed by atoms with Crippen LogP contribution in [0.4, 0.5) is 16.6 Å². The monoisotopic (exact) mass is 307 g/mol. The third-order valence-corrected chi connectivity index (χ3v) is 2.62. The number of rotatable bonds is 5. The number of aromatic nitrogens is 2. The van der Waals surface area contributed by atoms with E-state index in [1.54, 1.807) is 13.2 Å². The van der Waals surface area contributed by atoms with E-state index in [1.165, 1.54) is 0 Å². The summed E-state index contributed by atoms with van der Waals surface area (Å²) in [6.45, 7) is 7.40. The van der Waals surface area contributed by atoms with Gasteiger partial charge in [0.1, 0.15) is 11.4 Å². The maximum absolute atomic E-state index is 11.6. The van der Waals surface area contributed by atoms with Crippen molar-refractivity contribution < 1.29 is 9.53 Å². The summed E-state index contributed by atoms with van der Waals surface area (Å²) in [6.07, 6.45) is 5.72. The van der Waals surface area contributed by atoms with E-state index in [0.717, 1.165) is 5.56 Å². The fraction of sp³-hybridized carbons (Fsp3) is 0.533. The maximum Gasteiger partial charge on any atom is 0.407 e. The highest BCUT2D eigenvalue weighted by Gasteiger charge is 2.17. The minimum Gasteiger partial charge on any atom is -0.444 e. The van der Waals surface area contributed by atoms with Crippen LogP contribution in [0.2, 0.25) is 0 Å². The van der Waals surface area contributed by atoms with Gasteiger partial charge in [-0.05, 0) is 34.1 Å². The Morgan fingerprint density at radius 2 is 2.18 bits per heavy atom. The normalized spacial score (nSPS) is 13.0. The summed E-state index contributed by atoms with van der Waals surface area (Å²) >= 11 is 0. The van der Waals surface area contributed by atoms with E-state index in [9.17, 15) is 4.79 Å². The number of nitrogen functional groups attached to an aromatic ring is 1. The zero-order chi connectivity index (χ0) is 16.8. The Hall–Kier alpha value is -2.31. The van der Waals surface area contributed by atoms with Gasteiger partial charge in [-0.3, -0.25) is 0 Å². The van der Waals surface area contributed by atoms with E-state index in [0.29, 0.717) is 12.2 Å². The quantitative estimate of drug-likeness (QED) is 0.772. The average molecular weight is 307 g/mol. The summed E-state index contributed by atoms with van der Waals surface area (Å²) in [7, 11) is 1.77. The minimum atomic E-state index is -0.497. The number of carbonyl (C=O) groups excluding carboxylic acids is 1. The van der Waals surface area contributed by atoms with E-state index in [-0.39, 0.29) is 12.0 Å². The third-order valence-electron chi connectivity index (χ3n) is 2.62. The lowest BCUT2D eigenvalue weighted by atomic mass is 10.2. The summed E-state index contributed by atoms with van der Waals surface area (Å²) in [5, 5.41) is 5.74. The van der Waals surface area contributed by atoms with Crippen molar-refractivity contribution in [3.63, 3.8) is 0 Å². The fourth-order valence-electron chi connectivity index (χ4n) is 1.69. The molecule has 0 radical (unpaired) electrons. The first-order valence-electron chi connectivity index (χ1n) is 7.17. The molecule has 0 saturated heterocycles. The molecular formula is C15H25N5O2. The van der Waals surface area contributed by atoms with E-state index in [2.05, 4.69) is 20.6 Å². The van der Waals surface area contributed by atoms with Crippen LogP contribution in [0.3, 0.4) is 0 Å². The second-order valence-electron chi connectivity index (χ2n) is 5.97. The van der Waals surface area contributed by atoms with Crippen molar-refractivity contribution in [1.82, 2.24) is 15.3 Å². The minimum absolute atomic E-state index is 0.0427. The zero-order valence-corrected chi connectivity index (χ0v) is 13.8. The molecule has 7 heteroatoms. The maximum atomic E-state index is 11.6. The molecular weight excluding hydrogens is 282 g/mol. The van der Waals surface area contributed by atoms with Crippen molar-refractivity contribution in [2.24, 2.45) is 0 Å². The van der Waals surface area contributed by atoms with Crippen LogP contribution in [0.15, 0.2) is 12.3 Å². The number of carbonyl (C=O) groups is 1. The van der Waals surface area contributed by atoms with Gasteiger partial charge in [-0.15, -0.1) is 0 Å². The van der Waals surface area contributed by atoms with Crippen LogP contribution in [-0.4, -0.2) is 34.8 Å². The van der Waals surface area contributed by atoms with Gasteiger partial charge >= 0.3 is 6.09 Å². The number of amides is 1. The average Bonchev–Trinajstić information content (AvgIpc) is 2.37. The largest absolute Gasteiger partial charge is 0.444 e. The molecule has 1 atom stereocenters. The molecule has 0 aliphatic heterocycles. The number of anilines is 2. The van der Waals surface area contributed by atoms with Crippen molar-refractivity contribution in [3.05, 3.63) is 17.8 Å². The molecule has 1 rings (SSSR count). The lowest BCUT2D eigenvalue weighted by Gasteiger charge is -2.21. The molecule has 0 aliphatic carbocycles. The molecule has 0 spiro atoms. The number of nitrogens with one attached hydrogen (secondary N) is 2. The number of alkyl carbamates (subject to hydrolysis) is 1. The molecule has 1 aromatic rings. The predicted octanol–water partition coefficient (Wildman–Crippen LogP) is 2.42. The summed E-state index contributed by atoms with van der Waals surface area (Å²) < 4.78 is 5.20. The van der Waals surface area contributed by atoms with Gasteiger partial charge in [-0.25, -0.2) is 9.78 Å². The van der Waals surface area contributed by atoms with Crippen molar-refractivity contribution in [3.8, 4) is 0 Å². The molecule has 7 nitrogen and oxygen atoms in total. The number of hydrogen-bond acceptors (Lipinski definition) is 6. The third kappa shape index (κ3) is 6.43. The molecule has 0 unspecified atom stereocenters. The second-order valence-corrected chi connectivity index (χ2v) is 5.97. The molecule has 1 aromatic heterocycles. The SMILES string of the molecule is CNc1nc(N)ncc1/C=C/C[C@H](C)NC(=O)OC(C)(C)C. The van der Waals surface area contributed by atoms with Crippen LogP contribution in [-0.2, 0) is 4.74 Å². The first kappa shape index (κ1) is 17.7. The lowest BCUT2D eigenvalue weighted by molar-refractivity contribution is 0.0509. The van der Waals surface area contributed by atoms with Gasteiger partial charge in [0, 0.05) is 24.8 Å². The second kappa shape index (κ2) is 7.63. The highest BCUT2D eigenvalue weighted by Crippen LogP contribution is 2.14. The first-order chi connectivity index (χ1) is 10.2. The Labute approximate surface area is 131 Å². The lowest BCUT2D eigenvalue weighted by Crippen LogP contribution is -2.37. The first-order valence-corrected chi connectivity index (χ1v) is 7.17. The van der Waals surface area contributed by atoms with Crippen LogP contribution in [0, 0.1) is 0 Å². The van der Waals surface area contributed by atoms with Crippen LogP contribution >= 0.6 is 0 Å². The van der Waals surface area contributed by atoms with Gasteiger partial charge in [0.2, 0.25) is 5.95 Å².